The molecule has 0 atom stereocenters. The molecule has 2 N–H and O–H groups in total. The van der Waals surface area contributed by atoms with Crippen LogP contribution in [0.5, 0.6) is 5.75 Å². The van der Waals surface area contributed by atoms with Gasteiger partial charge in [-0.15, -0.1) is 11.8 Å². The number of nitro benzene ring substituents is 1. The molecule has 4 aromatic carbocycles. The fraction of sp³-hybridized carbons (Fsp3) is 0.194. The maximum absolute atomic E-state index is 13.0. The molecule has 43 heavy (non-hydrogen) atoms. The minimum Gasteiger partial charge on any atom is -0.496 e. The maximum atomic E-state index is 13.0. The molecule has 0 saturated heterocycles. The number of ether oxygens (including phenoxy) is 1. The third kappa shape index (κ3) is 8.34. The van der Waals surface area contributed by atoms with Crippen molar-refractivity contribution in [2.75, 3.05) is 38.8 Å². The normalized spacial score (nSPS) is 11.3. The van der Waals surface area contributed by atoms with E-state index in [9.17, 15) is 23.3 Å². The van der Waals surface area contributed by atoms with Crippen LogP contribution < -0.4 is 14.8 Å². The van der Waals surface area contributed by atoms with Crippen molar-refractivity contribution in [2.45, 2.75) is 16.3 Å². The van der Waals surface area contributed by atoms with Gasteiger partial charge >= 0.3 is 0 Å². The first-order valence-corrected chi connectivity index (χ1v) is 15.7. The second-order valence-corrected chi connectivity index (χ2v) is 12.7. The summed E-state index contributed by atoms with van der Waals surface area (Å²) in [6.45, 7) is 1.17. The molecule has 0 aromatic heterocycles. The lowest BCUT2D eigenvalue weighted by molar-refractivity contribution is -0.384. The number of nitrogens with one attached hydrogen (secondary N) is 2. The molecule has 0 unspecified atom stereocenters. The van der Waals surface area contributed by atoms with Crippen molar-refractivity contribution in [3.8, 4) is 16.9 Å². The van der Waals surface area contributed by atoms with Gasteiger partial charge in [0, 0.05) is 40.9 Å². The summed E-state index contributed by atoms with van der Waals surface area (Å²) in [6.07, 6.45) is 0. The van der Waals surface area contributed by atoms with Crippen LogP contribution >= 0.6 is 11.8 Å². The van der Waals surface area contributed by atoms with Gasteiger partial charge in [0.05, 0.1) is 16.9 Å². The molecular formula is C31H32N4O6S2. The molecule has 0 heterocycles. The zero-order valence-corrected chi connectivity index (χ0v) is 25.6. The van der Waals surface area contributed by atoms with E-state index in [2.05, 4.69) is 5.32 Å². The molecular weight excluding hydrogens is 588 g/mol. The zero-order valence-electron chi connectivity index (χ0n) is 23.9. The van der Waals surface area contributed by atoms with E-state index >= 15 is 0 Å². The van der Waals surface area contributed by atoms with Crippen LogP contribution in [-0.4, -0.2) is 57.7 Å². The first kappa shape index (κ1) is 31.5. The molecule has 10 nitrogen and oxygen atoms in total. The van der Waals surface area contributed by atoms with Gasteiger partial charge < -0.3 is 15.0 Å². The Kier molecular flexibility index (Phi) is 10.4. The summed E-state index contributed by atoms with van der Waals surface area (Å²) in [6, 6.07) is 25.5. The number of hydrogen-bond donors (Lipinski definition) is 2. The van der Waals surface area contributed by atoms with Crippen LogP contribution in [0.25, 0.3) is 11.1 Å². The van der Waals surface area contributed by atoms with Crippen LogP contribution in [0, 0.1) is 10.1 Å². The Labute approximate surface area is 255 Å². The van der Waals surface area contributed by atoms with Crippen LogP contribution in [0.1, 0.15) is 15.9 Å². The number of nitro groups is 1. The molecule has 0 aliphatic carbocycles. The summed E-state index contributed by atoms with van der Waals surface area (Å²) >= 11 is 1.59. The van der Waals surface area contributed by atoms with E-state index < -0.39 is 31.4 Å². The highest BCUT2D eigenvalue weighted by Crippen LogP contribution is 2.32. The summed E-state index contributed by atoms with van der Waals surface area (Å²) in [5.41, 5.74) is 2.58. The van der Waals surface area contributed by atoms with Crippen molar-refractivity contribution >= 4 is 39.1 Å². The predicted octanol–water partition coefficient (Wildman–Crippen LogP) is 5.65. The first-order chi connectivity index (χ1) is 20.6. The van der Waals surface area contributed by atoms with Crippen molar-refractivity contribution in [3.05, 3.63) is 112 Å². The first-order valence-electron chi connectivity index (χ1n) is 13.3. The van der Waals surface area contributed by atoms with E-state index in [1.807, 2.05) is 72.2 Å². The summed E-state index contributed by atoms with van der Waals surface area (Å²) in [5, 5.41) is 14.7. The van der Waals surface area contributed by atoms with Crippen molar-refractivity contribution in [1.82, 2.24) is 9.62 Å². The molecule has 224 valence electrons. The van der Waals surface area contributed by atoms with Crippen molar-refractivity contribution in [3.63, 3.8) is 0 Å². The van der Waals surface area contributed by atoms with Gasteiger partial charge in [-0.1, -0.05) is 42.5 Å². The lowest BCUT2D eigenvalue weighted by atomic mass is 10.0. The molecule has 0 fully saturated rings. The molecule has 0 aliphatic rings. The second-order valence-electron chi connectivity index (χ2n) is 9.81. The number of carbonyl (C=O) groups excluding carboxylic acids is 1. The topological polar surface area (TPSA) is 131 Å². The Balaban J connectivity index is 1.44. The fourth-order valence-electron chi connectivity index (χ4n) is 4.33. The molecule has 0 radical (unpaired) electrons. The number of rotatable bonds is 13. The van der Waals surface area contributed by atoms with E-state index in [1.54, 1.807) is 31.0 Å². The van der Waals surface area contributed by atoms with Gasteiger partial charge in [-0.3, -0.25) is 14.9 Å². The standard InChI is InChI=1S/C31H32N4O6S2/c1-34(2)21-22-9-15-27(30(19-22)41-3)23-10-12-24(13-11-23)31(36)33-43(39,40)26-14-16-28(29(20-26)35(37)38)32-17-18-42-25-7-5-4-6-8-25/h4-16,19-20,32H,17-18,21H2,1-3H3,(H,33,36). The molecule has 1 amide bonds. The lowest BCUT2D eigenvalue weighted by Gasteiger charge is -2.14. The number of amides is 1. The third-order valence-corrected chi connectivity index (χ3v) is 8.70. The van der Waals surface area contributed by atoms with Gasteiger partial charge in [0.15, 0.2) is 0 Å². The van der Waals surface area contributed by atoms with E-state index in [4.69, 9.17) is 4.74 Å². The van der Waals surface area contributed by atoms with E-state index in [-0.39, 0.29) is 11.3 Å². The Morgan fingerprint density at radius 2 is 1.70 bits per heavy atom. The third-order valence-electron chi connectivity index (χ3n) is 6.36. The predicted molar refractivity (Wildman–Crippen MR) is 169 cm³/mol. The molecule has 4 rings (SSSR count). The lowest BCUT2D eigenvalue weighted by Crippen LogP contribution is -2.30. The molecule has 4 aromatic rings. The minimum atomic E-state index is -4.39. The van der Waals surface area contributed by atoms with Crippen LogP contribution in [0.4, 0.5) is 11.4 Å². The monoisotopic (exact) mass is 620 g/mol. The molecule has 0 aliphatic heterocycles. The largest absolute Gasteiger partial charge is 0.496 e. The van der Waals surface area contributed by atoms with Gasteiger partial charge in [-0.25, -0.2) is 13.1 Å². The summed E-state index contributed by atoms with van der Waals surface area (Å²) in [5.74, 6) is 0.459. The Morgan fingerprint density at radius 3 is 2.35 bits per heavy atom. The highest BCUT2D eigenvalue weighted by atomic mass is 32.2. The number of anilines is 1. The van der Waals surface area contributed by atoms with E-state index in [1.165, 1.54) is 24.3 Å². The summed E-state index contributed by atoms with van der Waals surface area (Å²) < 4.78 is 33.6. The highest BCUT2D eigenvalue weighted by Gasteiger charge is 2.24. The Hall–Kier alpha value is -4.39. The van der Waals surface area contributed by atoms with Gasteiger partial charge in [0.1, 0.15) is 11.4 Å². The average molecular weight is 621 g/mol. The maximum Gasteiger partial charge on any atom is 0.293 e. The number of sulfonamides is 1. The van der Waals surface area contributed by atoms with Crippen LogP contribution in [0.3, 0.4) is 0 Å². The van der Waals surface area contributed by atoms with Crippen molar-refractivity contribution in [2.24, 2.45) is 0 Å². The number of nitrogens with zero attached hydrogens (tertiary/aromatic N) is 2. The van der Waals surface area contributed by atoms with Gasteiger partial charge in [-0.05, 0) is 67.7 Å². The smallest absolute Gasteiger partial charge is 0.293 e. The van der Waals surface area contributed by atoms with Crippen molar-refractivity contribution < 1.29 is 22.9 Å². The fourth-order valence-corrected chi connectivity index (χ4v) is 6.11. The molecule has 12 heteroatoms. The van der Waals surface area contributed by atoms with E-state index in [0.717, 1.165) is 34.2 Å². The average Bonchev–Trinajstić information content (AvgIpc) is 2.99. The van der Waals surface area contributed by atoms with Crippen LogP contribution in [0.2, 0.25) is 0 Å². The van der Waals surface area contributed by atoms with E-state index in [0.29, 0.717) is 18.0 Å². The SMILES string of the molecule is COc1cc(CN(C)C)ccc1-c1ccc(C(=O)NS(=O)(=O)c2ccc(NCCSc3ccccc3)c([N+](=O)[O-])c2)cc1. The molecule has 0 bridgehead atoms. The Morgan fingerprint density at radius 1 is 0.977 bits per heavy atom. The summed E-state index contributed by atoms with van der Waals surface area (Å²) in [4.78, 5) is 26.7. The zero-order chi connectivity index (χ0) is 31.0. The van der Waals surface area contributed by atoms with Crippen molar-refractivity contribution in [1.29, 1.82) is 0 Å². The van der Waals surface area contributed by atoms with Crippen LogP contribution in [-0.2, 0) is 16.6 Å². The minimum absolute atomic E-state index is 0.110. The Bertz CT molecular complexity index is 1700. The van der Waals surface area contributed by atoms with Gasteiger partial charge in [-0.2, -0.15) is 0 Å². The second kappa shape index (κ2) is 14.2. The number of methoxy groups -OCH3 is 1. The number of thioether (sulfide) groups is 1. The van der Waals surface area contributed by atoms with Gasteiger partial charge in [0.25, 0.3) is 21.6 Å². The van der Waals surface area contributed by atoms with Crippen LogP contribution in [0.15, 0.2) is 101 Å². The molecule has 0 spiro atoms. The quantitative estimate of drug-likeness (QED) is 0.0842. The number of hydrogen-bond acceptors (Lipinski definition) is 9. The number of benzene rings is 4. The number of carbonyl (C=O) groups is 1. The highest BCUT2D eigenvalue weighted by molar-refractivity contribution is 7.99. The van der Waals surface area contributed by atoms with Gasteiger partial charge in [0.2, 0.25) is 0 Å². The summed E-state index contributed by atoms with van der Waals surface area (Å²) in [7, 11) is 1.15. The molecule has 0 saturated carbocycles.